The number of oxazole rings is 1. The third-order valence-corrected chi connectivity index (χ3v) is 3.33. The van der Waals surface area contributed by atoms with Gasteiger partial charge in [-0.25, -0.2) is 9.78 Å². The summed E-state index contributed by atoms with van der Waals surface area (Å²) in [5.74, 6) is -0.449. The summed E-state index contributed by atoms with van der Waals surface area (Å²) in [5, 5.41) is 8.99. The van der Waals surface area contributed by atoms with Crippen LogP contribution in [0.2, 0.25) is 0 Å². The average Bonchev–Trinajstić information content (AvgIpc) is 2.80. The van der Waals surface area contributed by atoms with E-state index in [0.29, 0.717) is 17.0 Å². The van der Waals surface area contributed by atoms with Gasteiger partial charge in [-0.3, -0.25) is 0 Å². The largest absolute Gasteiger partial charge is 0.478 e. The predicted molar refractivity (Wildman–Crippen MR) is 75.9 cm³/mol. The minimum atomic E-state index is -0.975. The fraction of sp³-hybridized carbons (Fsp3) is 0.125. The van der Waals surface area contributed by atoms with Gasteiger partial charge in [-0.15, -0.1) is 0 Å². The molecule has 4 heteroatoms. The number of hydrogen-bond donors (Lipinski definition) is 1. The Kier molecular flexibility index (Phi) is 2.79. The smallest absolute Gasteiger partial charge is 0.335 e. The van der Waals surface area contributed by atoms with Gasteiger partial charge in [0.1, 0.15) is 5.52 Å². The van der Waals surface area contributed by atoms with E-state index in [1.54, 1.807) is 6.07 Å². The third kappa shape index (κ3) is 1.95. The van der Waals surface area contributed by atoms with Gasteiger partial charge in [0.15, 0.2) is 5.58 Å². The molecule has 4 nitrogen and oxygen atoms in total. The van der Waals surface area contributed by atoms with Crippen molar-refractivity contribution in [2.75, 3.05) is 0 Å². The number of aromatic nitrogens is 1. The van der Waals surface area contributed by atoms with Crippen LogP contribution in [0, 0.1) is 13.8 Å². The molecule has 3 rings (SSSR count). The number of nitrogens with zero attached hydrogens (tertiary/aromatic N) is 1. The van der Waals surface area contributed by atoms with Gasteiger partial charge in [0.2, 0.25) is 5.89 Å². The van der Waals surface area contributed by atoms with Crippen LogP contribution in [0.15, 0.2) is 40.8 Å². The Morgan fingerprint density at radius 3 is 2.50 bits per heavy atom. The van der Waals surface area contributed by atoms with Gasteiger partial charge < -0.3 is 9.52 Å². The Balaban J connectivity index is 2.21. The molecule has 0 saturated heterocycles. The minimum absolute atomic E-state index is 0.196. The predicted octanol–water partition coefficient (Wildman–Crippen LogP) is 3.81. The van der Waals surface area contributed by atoms with Gasteiger partial charge in [-0.2, -0.15) is 0 Å². The zero-order chi connectivity index (χ0) is 14.3. The first-order chi connectivity index (χ1) is 9.56. The Morgan fingerprint density at radius 2 is 1.85 bits per heavy atom. The van der Waals surface area contributed by atoms with Crippen LogP contribution in [0.3, 0.4) is 0 Å². The Bertz CT molecular complexity index is 797. The molecule has 1 N–H and O–H groups in total. The molecule has 0 aliphatic carbocycles. The van der Waals surface area contributed by atoms with Crippen LogP contribution in [-0.2, 0) is 0 Å². The number of aromatic carboxylic acids is 1. The number of benzene rings is 2. The number of hydrogen-bond acceptors (Lipinski definition) is 3. The fourth-order valence-corrected chi connectivity index (χ4v) is 2.32. The van der Waals surface area contributed by atoms with Crippen molar-refractivity contribution in [3.8, 4) is 11.5 Å². The number of rotatable bonds is 2. The van der Waals surface area contributed by atoms with Crippen LogP contribution < -0.4 is 0 Å². The van der Waals surface area contributed by atoms with E-state index in [-0.39, 0.29) is 5.56 Å². The van der Waals surface area contributed by atoms with Gasteiger partial charge in [-0.05, 0) is 43.2 Å². The SMILES string of the molecule is Cc1cccc(C)c1-c1nc2ccc(C(=O)O)cc2o1. The number of fused-ring (bicyclic) bond motifs is 1. The average molecular weight is 267 g/mol. The highest BCUT2D eigenvalue weighted by Crippen LogP contribution is 2.29. The molecule has 0 saturated carbocycles. The molecule has 1 heterocycles. The maximum atomic E-state index is 11.0. The van der Waals surface area contributed by atoms with Crippen LogP contribution >= 0.6 is 0 Å². The third-order valence-electron chi connectivity index (χ3n) is 3.33. The highest BCUT2D eigenvalue weighted by Gasteiger charge is 2.14. The second-order valence-electron chi connectivity index (χ2n) is 4.77. The molecule has 0 fully saturated rings. The van der Waals surface area contributed by atoms with E-state index >= 15 is 0 Å². The fourth-order valence-electron chi connectivity index (χ4n) is 2.32. The van der Waals surface area contributed by atoms with E-state index in [9.17, 15) is 4.79 Å². The van der Waals surface area contributed by atoms with Crippen molar-refractivity contribution >= 4 is 17.1 Å². The number of carboxylic acid groups (broad SMARTS) is 1. The molecule has 1 aromatic heterocycles. The van der Waals surface area contributed by atoms with Crippen molar-refractivity contribution in [2.24, 2.45) is 0 Å². The summed E-state index contributed by atoms with van der Waals surface area (Å²) in [6, 6.07) is 10.7. The van der Waals surface area contributed by atoms with E-state index in [0.717, 1.165) is 16.7 Å². The minimum Gasteiger partial charge on any atom is -0.478 e. The summed E-state index contributed by atoms with van der Waals surface area (Å²) >= 11 is 0. The van der Waals surface area contributed by atoms with Gasteiger partial charge in [0.05, 0.1) is 5.56 Å². The molecular weight excluding hydrogens is 254 g/mol. The van der Waals surface area contributed by atoms with Gasteiger partial charge in [0.25, 0.3) is 0 Å². The maximum Gasteiger partial charge on any atom is 0.335 e. The topological polar surface area (TPSA) is 63.3 Å². The van der Waals surface area contributed by atoms with E-state index < -0.39 is 5.97 Å². The lowest BCUT2D eigenvalue weighted by molar-refractivity contribution is 0.0697. The maximum absolute atomic E-state index is 11.0. The van der Waals surface area contributed by atoms with Crippen molar-refractivity contribution in [2.45, 2.75) is 13.8 Å². The molecule has 2 aromatic carbocycles. The van der Waals surface area contributed by atoms with E-state index in [4.69, 9.17) is 9.52 Å². The second-order valence-corrected chi connectivity index (χ2v) is 4.77. The lowest BCUT2D eigenvalue weighted by Crippen LogP contribution is -1.94. The Hall–Kier alpha value is -2.62. The van der Waals surface area contributed by atoms with Crippen molar-refractivity contribution < 1.29 is 14.3 Å². The summed E-state index contributed by atoms with van der Waals surface area (Å²) < 4.78 is 5.73. The zero-order valence-electron chi connectivity index (χ0n) is 11.2. The van der Waals surface area contributed by atoms with Crippen LogP contribution in [0.1, 0.15) is 21.5 Å². The van der Waals surface area contributed by atoms with Crippen LogP contribution in [-0.4, -0.2) is 16.1 Å². The molecule has 3 aromatic rings. The van der Waals surface area contributed by atoms with E-state index in [1.807, 2.05) is 32.0 Å². The van der Waals surface area contributed by atoms with Crippen molar-refractivity contribution in [1.29, 1.82) is 0 Å². The first kappa shape index (κ1) is 12.4. The lowest BCUT2D eigenvalue weighted by atomic mass is 10.0. The van der Waals surface area contributed by atoms with Crippen LogP contribution in [0.25, 0.3) is 22.6 Å². The normalized spacial score (nSPS) is 10.9. The van der Waals surface area contributed by atoms with Crippen LogP contribution in [0.5, 0.6) is 0 Å². The molecule has 0 aliphatic rings. The lowest BCUT2D eigenvalue weighted by Gasteiger charge is -2.04. The van der Waals surface area contributed by atoms with Gasteiger partial charge >= 0.3 is 5.97 Å². The molecule has 100 valence electrons. The van der Waals surface area contributed by atoms with Gasteiger partial charge in [-0.1, -0.05) is 18.2 Å². The summed E-state index contributed by atoms with van der Waals surface area (Å²) in [5.41, 5.74) is 4.46. The summed E-state index contributed by atoms with van der Waals surface area (Å²) in [6.07, 6.45) is 0. The zero-order valence-corrected chi connectivity index (χ0v) is 11.2. The molecule has 0 atom stereocenters. The van der Waals surface area contributed by atoms with Crippen molar-refractivity contribution in [3.05, 3.63) is 53.1 Å². The standard InChI is InChI=1S/C16H13NO3/c1-9-4-3-5-10(2)14(9)15-17-12-7-6-11(16(18)19)8-13(12)20-15/h3-8H,1-2H3,(H,18,19). The number of aryl methyl sites for hydroxylation is 2. The number of carboxylic acids is 1. The van der Waals surface area contributed by atoms with E-state index in [2.05, 4.69) is 4.98 Å². The molecule has 0 aliphatic heterocycles. The molecule has 0 bridgehead atoms. The van der Waals surface area contributed by atoms with Crippen molar-refractivity contribution in [1.82, 2.24) is 4.98 Å². The summed E-state index contributed by atoms with van der Waals surface area (Å²) in [6.45, 7) is 4.00. The highest BCUT2D eigenvalue weighted by molar-refractivity contribution is 5.92. The molecule has 0 unspecified atom stereocenters. The van der Waals surface area contributed by atoms with Crippen LogP contribution in [0.4, 0.5) is 0 Å². The Labute approximate surface area is 115 Å². The summed E-state index contributed by atoms with van der Waals surface area (Å²) in [4.78, 5) is 15.4. The monoisotopic (exact) mass is 267 g/mol. The highest BCUT2D eigenvalue weighted by atomic mass is 16.4. The van der Waals surface area contributed by atoms with Gasteiger partial charge in [0, 0.05) is 5.56 Å². The molecule has 20 heavy (non-hydrogen) atoms. The quantitative estimate of drug-likeness (QED) is 0.766. The van der Waals surface area contributed by atoms with E-state index in [1.165, 1.54) is 12.1 Å². The number of carbonyl (C=O) groups is 1. The first-order valence-electron chi connectivity index (χ1n) is 6.27. The molecule has 0 spiro atoms. The second kappa shape index (κ2) is 4.49. The first-order valence-corrected chi connectivity index (χ1v) is 6.27. The molecule has 0 amide bonds. The molecular formula is C16H13NO3. The molecule has 0 radical (unpaired) electrons. The summed E-state index contributed by atoms with van der Waals surface area (Å²) in [7, 11) is 0. The van der Waals surface area contributed by atoms with Crippen molar-refractivity contribution in [3.63, 3.8) is 0 Å². The Morgan fingerprint density at radius 1 is 1.15 bits per heavy atom.